The summed E-state index contributed by atoms with van der Waals surface area (Å²) in [6.45, 7) is 4.48. The molecule has 2 aromatic rings. The van der Waals surface area contributed by atoms with Crippen LogP contribution in [0.25, 0.3) is 11.0 Å². The lowest BCUT2D eigenvalue weighted by Gasteiger charge is -2.25. The molecule has 0 radical (unpaired) electrons. The van der Waals surface area contributed by atoms with E-state index in [1.54, 1.807) is 0 Å². The molecule has 114 valence electrons. The molecule has 21 heavy (non-hydrogen) atoms. The highest BCUT2D eigenvalue weighted by atomic mass is 15.1. The summed E-state index contributed by atoms with van der Waals surface area (Å²) < 4.78 is 2.52. The Labute approximate surface area is 127 Å². The van der Waals surface area contributed by atoms with Crippen molar-refractivity contribution in [2.45, 2.75) is 70.8 Å². The van der Waals surface area contributed by atoms with Gasteiger partial charge in [0.15, 0.2) is 0 Å². The molecule has 0 atom stereocenters. The summed E-state index contributed by atoms with van der Waals surface area (Å²) in [5.41, 5.74) is 9.06. The van der Waals surface area contributed by atoms with Gasteiger partial charge in [-0.1, -0.05) is 46.0 Å². The van der Waals surface area contributed by atoms with Crippen molar-refractivity contribution in [2.75, 3.05) is 5.73 Å². The van der Waals surface area contributed by atoms with Crippen LogP contribution in [0.2, 0.25) is 0 Å². The molecule has 1 heterocycles. The Balaban J connectivity index is 2.07. The van der Waals surface area contributed by atoms with Gasteiger partial charge in [-0.2, -0.15) is 0 Å². The van der Waals surface area contributed by atoms with Gasteiger partial charge in [0, 0.05) is 17.6 Å². The average Bonchev–Trinajstić information content (AvgIpc) is 2.77. The molecule has 1 aromatic carbocycles. The summed E-state index contributed by atoms with van der Waals surface area (Å²) in [5, 5.41) is 0. The average molecular weight is 285 g/mol. The van der Waals surface area contributed by atoms with Gasteiger partial charge in [0.05, 0.1) is 11.0 Å². The summed E-state index contributed by atoms with van der Waals surface area (Å²) in [6, 6.07) is 6.78. The van der Waals surface area contributed by atoms with E-state index in [1.807, 2.05) is 12.1 Å². The van der Waals surface area contributed by atoms with Crippen LogP contribution in [0.1, 0.15) is 76.6 Å². The first-order valence-electron chi connectivity index (χ1n) is 8.44. The number of hydrogen-bond donors (Lipinski definition) is 1. The fraction of sp³-hybridized carbons (Fsp3) is 0.611. The van der Waals surface area contributed by atoms with Gasteiger partial charge in [0.25, 0.3) is 0 Å². The summed E-state index contributed by atoms with van der Waals surface area (Å²) >= 11 is 0. The van der Waals surface area contributed by atoms with Crippen LogP contribution in [0.3, 0.4) is 0 Å². The molecule has 1 aromatic heterocycles. The zero-order valence-electron chi connectivity index (χ0n) is 13.3. The second-order valence-corrected chi connectivity index (χ2v) is 6.74. The van der Waals surface area contributed by atoms with E-state index in [9.17, 15) is 0 Å². The molecular weight excluding hydrogens is 258 g/mol. The molecule has 3 heteroatoms. The van der Waals surface area contributed by atoms with Crippen molar-refractivity contribution in [1.29, 1.82) is 0 Å². The van der Waals surface area contributed by atoms with E-state index < -0.39 is 0 Å². The monoisotopic (exact) mass is 285 g/mol. The van der Waals surface area contributed by atoms with Crippen molar-refractivity contribution in [3.63, 3.8) is 0 Å². The minimum absolute atomic E-state index is 0.448. The normalized spacial score (nSPS) is 18.0. The lowest BCUT2D eigenvalue weighted by atomic mass is 9.96. The Bertz CT molecular complexity index is 604. The number of nitrogens with zero attached hydrogens (tertiary/aromatic N) is 2. The van der Waals surface area contributed by atoms with Crippen molar-refractivity contribution >= 4 is 16.7 Å². The maximum Gasteiger partial charge on any atom is 0.112 e. The molecule has 3 nitrogen and oxygen atoms in total. The van der Waals surface area contributed by atoms with E-state index in [4.69, 9.17) is 10.7 Å². The Hall–Kier alpha value is -1.51. The van der Waals surface area contributed by atoms with Gasteiger partial charge in [0.1, 0.15) is 5.82 Å². The van der Waals surface area contributed by atoms with Crippen molar-refractivity contribution in [3.05, 3.63) is 24.0 Å². The van der Waals surface area contributed by atoms with Crippen molar-refractivity contribution in [3.8, 4) is 0 Å². The first kappa shape index (κ1) is 14.4. The highest BCUT2D eigenvalue weighted by molar-refractivity contribution is 5.80. The maximum atomic E-state index is 5.93. The highest BCUT2D eigenvalue weighted by Gasteiger charge is 2.21. The third kappa shape index (κ3) is 2.92. The molecule has 1 aliphatic rings. The van der Waals surface area contributed by atoms with Crippen LogP contribution in [0, 0.1) is 0 Å². The zero-order chi connectivity index (χ0) is 14.8. The Morgan fingerprint density at radius 1 is 1.10 bits per heavy atom. The predicted molar refractivity (Wildman–Crippen MR) is 89.6 cm³/mol. The number of benzene rings is 1. The summed E-state index contributed by atoms with van der Waals surface area (Å²) in [4.78, 5) is 4.89. The van der Waals surface area contributed by atoms with E-state index in [0.29, 0.717) is 12.0 Å². The van der Waals surface area contributed by atoms with Gasteiger partial charge in [-0.25, -0.2) is 4.98 Å². The van der Waals surface area contributed by atoms with Crippen molar-refractivity contribution in [1.82, 2.24) is 9.55 Å². The number of aromatic nitrogens is 2. The van der Waals surface area contributed by atoms with Gasteiger partial charge in [-0.15, -0.1) is 0 Å². The Morgan fingerprint density at radius 3 is 2.43 bits per heavy atom. The molecule has 0 bridgehead atoms. The molecule has 1 saturated carbocycles. The van der Waals surface area contributed by atoms with Crippen LogP contribution >= 0.6 is 0 Å². The van der Waals surface area contributed by atoms with Gasteiger partial charge in [-0.3, -0.25) is 0 Å². The molecule has 2 N–H and O–H groups in total. The van der Waals surface area contributed by atoms with Crippen molar-refractivity contribution < 1.29 is 0 Å². The number of rotatable bonds is 2. The smallest absolute Gasteiger partial charge is 0.112 e. The number of hydrogen-bond acceptors (Lipinski definition) is 2. The number of nitrogens with two attached hydrogens (primary N) is 1. The fourth-order valence-corrected chi connectivity index (χ4v) is 3.62. The maximum absolute atomic E-state index is 5.93. The zero-order valence-corrected chi connectivity index (χ0v) is 13.3. The Kier molecular flexibility index (Phi) is 4.18. The van der Waals surface area contributed by atoms with Gasteiger partial charge in [-0.05, 0) is 31.0 Å². The number of fused-ring (bicyclic) bond motifs is 1. The molecule has 0 saturated heterocycles. The van der Waals surface area contributed by atoms with Crippen LogP contribution in [0.15, 0.2) is 18.2 Å². The number of imidazole rings is 1. The lowest BCUT2D eigenvalue weighted by Crippen LogP contribution is -2.14. The van der Waals surface area contributed by atoms with Crippen LogP contribution in [-0.2, 0) is 0 Å². The molecule has 1 fully saturated rings. The van der Waals surface area contributed by atoms with Crippen LogP contribution in [0.5, 0.6) is 0 Å². The summed E-state index contributed by atoms with van der Waals surface area (Å²) in [5.74, 6) is 1.67. The predicted octanol–water partition coefficient (Wildman–Crippen LogP) is 5.03. The van der Waals surface area contributed by atoms with Crippen LogP contribution in [-0.4, -0.2) is 9.55 Å². The number of nitrogen functional groups attached to an aromatic ring is 1. The third-order valence-corrected chi connectivity index (χ3v) is 4.70. The lowest BCUT2D eigenvalue weighted by molar-refractivity contribution is 0.367. The topological polar surface area (TPSA) is 43.8 Å². The molecule has 1 aliphatic carbocycles. The van der Waals surface area contributed by atoms with Gasteiger partial charge in [0.2, 0.25) is 0 Å². The van der Waals surface area contributed by atoms with E-state index >= 15 is 0 Å². The third-order valence-electron chi connectivity index (χ3n) is 4.70. The van der Waals surface area contributed by atoms with Gasteiger partial charge < -0.3 is 10.3 Å². The molecule has 0 spiro atoms. The molecule has 0 unspecified atom stereocenters. The quantitative estimate of drug-likeness (QED) is 0.787. The van der Waals surface area contributed by atoms with E-state index in [-0.39, 0.29) is 0 Å². The largest absolute Gasteiger partial charge is 0.399 e. The van der Waals surface area contributed by atoms with E-state index in [2.05, 4.69) is 24.5 Å². The highest BCUT2D eigenvalue weighted by Crippen LogP contribution is 2.33. The molecule has 3 rings (SSSR count). The first-order chi connectivity index (χ1) is 10.2. The SMILES string of the molecule is CC(C)c1nc2cc(N)ccc2n1C1CCCCCCC1. The summed E-state index contributed by atoms with van der Waals surface area (Å²) in [7, 11) is 0. The molecule has 0 aliphatic heterocycles. The molecular formula is C18H27N3. The fourth-order valence-electron chi connectivity index (χ4n) is 3.62. The standard InChI is InChI=1S/C18H27N3/c1-13(2)18-20-16-12-14(19)10-11-17(16)21(18)15-8-6-4-3-5-7-9-15/h10-13,15H,3-9,19H2,1-2H3. The van der Waals surface area contributed by atoms with E-state index in [1.165, 1.54) is 56.3 Å². The first-order valence-corrected chi connectivity index (χ1v) is 8.44. The number of anilines is 1. The second kappa shape index (κ2) is 6.08. The second-order valence-electron chi connectivity index (χ2n) is 6.74. The van der Waals surface area contributed by atoms with Crippen LogP contribution in [0.4, 0.5) is 5.69 Å². The van der Waals surface area contributed by atoms with Crippen molar-refractivity contribution in [2.24, 2.45) is 0 Å². The van der Waals surface area contributed by atoms with Gasteiger partial charge >= 0.3 is 0 Å². The van der Waals surface area contributed by atoms with E-state index in [0.717, 1.165) is 11.2 Å². The van der Waals surface area contributed by atoms with Crippen LogP contribution < -0.4 is 5.73 Å². The minimum Gasteiger partial charge on any atom is -0.399 e. The summed E-state index contributed by atoms with van der Waals surface area (Å²) in [6.07, 6.45) is 9.43. The Morgan fingerprint density at radius 2 is 1.76 bits per heavy atom. The molecule has 0 amide bonds. The minimum atomic E-state index is 0.448.